The molecule has 1 aromatic carbocycles. The molecule has 0 unspecified atom stereocenters. The molecule has 0 aliphatic heterocycles. The smallest absolute Gasteiger partial charge is 0.265 e. The molecule has 0 aliphatic carbocycles. The average Bonchev–Trinajstić information content (AvgIpc) is 2.35. The number of aromatic nitrogens is 2. The molecular formula is C13H12BrFN2O2. The second kappa shape index (κ2) is 5.63. The van der Waals surface area contributed by atoms with Crippen molar-refractivity contribution in [1.29, 1.82) is 0 Å². The SMILES string of the molecule is COCc1nc(-c2ccc(F)cc2C)[nH]c(=O)c1Br. The van der Waals surface area contributed by atoms with Gasteiger partial charge in [-0.15, -0.1) is 0 Å². The lowest BCUT2D eigenvalue weighted by Gasteiger charge is -2.08. The molecule has 2 rings (SSSR count). The Morgan fingerprint density at radius 1 is 1.47 bits per heavy atom. The molecule has 1 N–H and O–H groups in total. The highest BCUT2D eigenvalue weighted by atomic mass is 79.9. The fourth-order valence-electron chi connectivity index (χ4n) is 1.76. The Kier molecular flexibility index (Phi) is 4.11. The van der Waals surface area contributed by atoms with E-state index in [9.17, 15) is 9.18 Å². The van der Waals surface area contributed by atoms with Crippen molar-refractivity contribution in [2.24, 2.45) is 0 Å². The number of H-pyrrole nitrogens is 1. The molecule has 1 heterocycles. The maximum atomic E-state index is 13.1. The summed E-state index contributed by atoms with van der Waals surface area (Å²) in [5, 5.41) is 0. The molecule has 0 bridgehead atoms. The lowest BCUT2D eigenvalue weighted by Crippen LogP contribution is -2.14. The zero-order valence-corrected chi connectivity index (χ0v) is 12.0. The molecule has 1 aromatic heterocycles. The van der Waals surface area contributed by atoms with E-state index in [1.54, 1.807) is 13.0 Å². The van der Waals surface area contributed by atoms with Crippen molar-refractivity contribution in [2.75, 3.05) is 7.11 Å². The molecule has 19 heavy (non-hydrogen) atoms. The normalized spacial score (nSPS) is 10.7. The Labute approximate surface area is 117 Å². The van der Waals surface area contributed by atoms with Crippen LogP contribution in [0.3, 0.4) is 0 Å². The van der Waals surface area contributed by atoms with Crippen LogP contribution in [0, 0.1) is 12.7 Å². The monoisotopic (exact) mass is 326 g/mol. The van der Waals surface area contributed by atoms with Crippen LogP contribution in [-0.2, 0) is 11.3 Å². The average molecular weight is 327 g/mol. The Morgan fingerprint density at radius 2 is 2.21 bits per heavy atom. The van der Waals surface area contributed by atoms with Gasteiger partial charge < -0.3 is 9.72 Å². The second-order valence-corrected chi connectivity index (χ2v) is 4.86. The molecule has 2 aromatic rings. The zero-order chi connectivity index (χ0) is 14.0. The van der Waals surface area contributed by atoms with E-state index in [2.05, 4.69) is 25.9 Å². The summed E-state index contributed by atoms with van der Waals surface area (Å²) in [6.07, 6.45) is 0. The van der Waals surface area contributed by atoms with E-state index in [4.69, 9.17) is 4.74 Å². The third-order valence-electron chi connectivity index (χ3n) is 2.66. The van der Waals surface area contributed by atoms with Gasteiger partial charge in [0.25, 0.3) is 5.56 Å². The number of ether oxygens (including phenoxy) is 1. The number of hydrogen-bond acceptors (Lipinski definition) is 3. The van der Waals surface area contributed by atoms with Crippen molar-refractivity contribution in [3.63, 3.8) is 0 Å². The number of rotatable bonds is 3. The van der Waals surface area contributed by atoms with Crippen LogP contribution < -0.4 is 5.56 Å². The molecule has 0 amide bonds. The minimum Gasteiger partial charge on any atom is -0.378 e. The fraction of sp³-hybridized carbons (Fsp3) is 0.231. The Bertz CT molecular complexity index is 670. The standard InChI is InChI=1S/C13H12BrFN2O2/c1-7-5-8(15)3-4-9(7)12-16-10(6-19-2)11(14)13(18)17-12/h3-5H,6H2,1-2H3,(H,16,17,18). The van der Waals surface area contributed by atoms with Crippen LogP contribution in [0.4, 0.5) is 4.39 Å². The fourth-order valence-corrected chi connectivity index (χ4v) is 2.06. The molecule has 4 nitrogen and oxygen atoms in total. The largest absolute Gasteiger partial charge is 0.378 e. The number of aryl methyl sites for hydroxylation is 1. The van der Waals surface area contributed by atoms with E-state index < -0.39 is 0 Å². The summed E-state index contributed by atoms with van der Waals surface area (Å²) in [4.78, 5) is 18.8. The van der Waals surface area contributed by atoms with E-state index in [0.717, 1.165) is 0 Å². The molecule has 0 fully saturated rings. The number of methoxy groups -OCH3 is 1. The molecule has 0 saturated carbocycles. The van der Waals surface area contributed by atoms with Crippen LogP contribution >= 0.6 is 15.9 Å². The van der Waals surface area contributed by atoms with Gasteiger partial charge in [0, 0.05) is 12.7 Å². The van der Waals surface area contributed by atoms with Crippen LogP contribution in [0.1, 0.15) is 11.3 Å². The van der Waals surface area contributed by atoms with Crippen LogP contribution in [0.15, 0.2) is 27.5 Å². The highest BCUT2D eigenvalue weighted by molar-refractivity contribution is 9.10. The molecule has 6 heteroatoms. The number of nitrogens with zero attached hydrogens (tertiary/aromatic N) is 1. The lowest BCUT2D eigenvalue weighted by atomic mass is 10.1. The topological polar surface area (TPSA) is 55.0 Å². The molecule has 0 aliphatic rings. The number of halogens is 2. The summed E-state index contributed by atoms with van der Waals surface area (Å²) >= 11 is 3.17. The van der Waals surface area contributed by atoms with Crippen molar-refractivity contribution in [3.05, 3.63) is 50.1 Å². The van der Waals surface area contributed by atoms with Crippen LogP contribution in [0.5, 0.6) is 0 Å². The van der Waals surface area contributed by atoms with Gasteiger partial charge in [0.2, 0.25) is 0 Å². The van der Waals surface area contributed by atoms with E-state index in [0.29, 0.717) is 27.1 Å². The lowest BCUT2D eigenvalue weighted by molar-refractivity contribution is 0.180. The van der Waals surface area contributed by atoms with Gasteiger partial charge in [-0.05, 0) is 46.6 Å². The van der Waals surface area contributed by atoms with E-state index in [1.165, 1.54) is 19.2 Å². The quantitative estimate of drug-likeness (QED) is 0.943. The number of benzene rings is 1. The maximum absolute atomic E-state index is 13.1. The Morgan fingerprint density at radius 3 is 2.84 bits per heavy atom. The van der Waals surface area contributed by atoms with Crippen molar-refractivity contribution in [3.8, 4) is 11.4 Å². The molecule has 0 spiro atoms. The van der Waals surface area contributed by atoms with Crippen LogP contribution in [-0.4, -0.2) is 17.1 Å². The van der Waals surface area contributed by atoms with Gasteiger partial charge in [-0.1, -0.05) is 0 Å². The first-order valence-corrected chi connectivity index (χ1v) is 6.36. The van der Waals surface area contributed by atoms with Gasteiger partial charge in [-0.3, -0.25) is 4.79 Å². The summed E-state index contributed by atoms with van der Waals surface area (Å²) in [7, 11) is 1.53. The van der Waals surface area contributed by atoms with E-state index in [-0.39, 0.29) is 18.0 Å². The number of aromatic amines is 1. The third-order valence-corrected chi connectivity index (χ3v) is 3.47. The predicted octanol–water partition coefficient (Wildman–Crippen LogP) is 2.79. The van der Waals surface area contributed by atoms with Gasteiger partial charge in [0.05, 0.1) is 12.3 Å². The Balaban J connectivity index is 2.59. The maximum Gasteiger partial charge on any atom is 0.265 e. The summed E-state index contributed by atoms with van der Waals surface area (Å²) in [6, 6.07) is 4.32. The van der Waals surface area contributed by atoms with Gasteiger partial charge in [0.1, 0.15) is 16.1 Å². The van der Waals surface area contributed by atoms with Crippen LogP contribution in [0.2, 0.25) is 0 Å². The Hall–Kier alpha value is -1.53. The minimum absolute atomic E-state index is 0.220. The van der Waals surface area contributed by atoms with Gasteiger partial charge in [0.15, 0.2) is 0 Å². The second-order valence-electron chi connectivity index (χ2n) is 4.07. The zero-order valence-electron chi connectivity index (χ0n) is 10.5. The molecule has 0 radical (unpaired) electrons. The van der Waals surface area contributed by atoms with Gasteiger partial charge >= 0.3 is 0 Å². The highest BCUT2D eigenvalue weighted by Crippen LogP contribution is 2.21. The predicted molar refractivity (Wildman–Crippen MR) is 73.4 cm³/mol. The first-order chi connectivity index (χ1) is 9.02. The first-order valence-electron chi connectivity index (χ1n) is 5.57. The van der Waals surface area contributed by atoms with E-state index >= 15 is 0 Å². The summed E-state index contributed by atoms with van der Waals surface area (Å²) < 4.78 is 18.4. The van der Waals surface area contributed by atoms with Gasteiger partial charge in [-0.2, -0.15) is 0 Å². The number of hydrogen-bond donors (Lipinski definition) is 1. The summed E-state index contributed by atoms with van der Waals surface area (Å²) in [5.41, 5.74) is 1.60. The molecule has 0 atom stereocenters. The van der Waals surface area contributed by atoms with Gasteiger partial charge in [-0.25, -0.2) is 9.37 Å². The number of nitrogens with one attached hydrogen (secondary N) is 1. The van der Waals surface area contributed by atoms with Crippen molar-refractivity contribution < 1.29 is 9.13 Å². The highest BCUT2D eigenvalue weighted by Gasteiger charge is 2.12. The minimum atomic E-state index is -0.321. The molecule has 100 valence electrons. The van der Waals surface area contributed by atoms with Crippen molar-refractivity contribution in [2.45, 2.75) is 13.5 Å². The van der Waals surface area contributed by atoms with Crippen molar-refractivity contribution >= 4 is 15.9 Å². The van der Waals surface area contributed by atoms with Crippen molar-refractivity contribution in [1.82, 2.24) is 9.97 Å². The molecule has 0 saturated heterocycles. The van der Waals surface area contributed by atoms with E-state index in [1.807, 2.05) is 0 Å². The summed E-state index contributed by atoms with van der Waals surface area (Å²) in [6.45, 7) is 1.98. The van der Waals surface area contributed by atoms with Crippen LogP contribution in [0.25, 0.3) is 11.4 Å². The summed E-state index contributed by atoms with van der Waals surface area (Å²) in [5.74, 6) is 0.0792. The molecular weight excluding hydrogens is 315 g/mol. The third kappa shape index (κ3) is 2.90. The first kappa shape index (κ1) is 13.9.